The molecule has 0 spiro atoms. The first-order valence-corrected chi connectivity index (χ1v) is 10.6. The fourth-order valence-corrected chi connectivity index (χ4v) is 4.89. The van der Waals surface area contributed by atoms with Crippen molar-refractivity contribution in [1.82, 2.24) is 14.8 Å². The van der Waals surface area contributed by atoms with E-state index in [9.17, 15) is 9.59 Å². The normalized spacial score (nSPS) is 27.2. The number of carbonyl (C=O) groups excluding carboxylic acids is 1. The standard InChI is InChI=1S/C21H32N4O2/c22-13-19-4-3-18(25(19)14-15-1-2-15)12-21(27)24-9-6-16(7-10-24)17-5-8-23-20(26)11-17/h5,8,11,15-16,18-19H,1-4,6-7,9-10,12-14,22H2,(H,23,26)/t18-,19+/m0/s1. The van der Waals surface area contributed by atoms with Crippen LogP contribution in [0.4, 0.5) is 0 Å². The lowest BCUT2D eigenvalue weighted by Crippen LogP contribution is -2.45. The molecule has 1 amide bonds. The van der Waals surface area contributed by atoms with Crippen LogP contribution in [0.1, 0.15) is 56.4 Å². The fraction of sp³-hybridized carbons (Fsp3) is 0.714. The summed E-state index contributed by atoms with van der Waals surface area (Å²) in [5.41, 5.74) is 7.03. The van der Waals surface area contributed by atoms with Crippen molar-refractivity contribution < 1.29 is 4.79 Å². The Balaban J connectivity index is 1.30. The van der Waals surface area contributed by atoms with Crippen LogP contribution in [0.3, 0.4) is 0 Å². The van der Waals surface area contributed by atoms with Crippen molar-refractivity contribution in [3.63, 3.8) is 0 Å². The van der Waals surface area contributed by atoms with Gasteiger partial charge in [0.2, 0.25) is 11.5 Å². The first-order valence-electron chi connectivity index (χ1n) is 10.6. The van der Waals surface area contributed by atoms with E-state index in [0.29, 0.717) is 36.9 Å². The molecule has 3 heterocycles. The van der Waals surface area contributed by atoms with Crippen molar-refractivity contribution in [2.45, 2.75) is 62.9 Å². The van der Waals surface area contributed by atoms with E-state index in [-0.39, 0.29) is 5.56 Å². The van der Waals surface area contributed by atoms with Crippen LogP contribution in [-0.2, 0) is 4.79 Å². The summed E-state index contributed by atoms with van der Waals surface area (Å²) >= 11 is 0. The van der Waals surface area contributed by atoms with E-state index >= 15 is 0 Å². The highest BCUT2D eigenvalue weighted by atomic mass is 16.2. The summed E-state index contributed by atoms with van der Waals surface area (Å²) in [4.78, 5) is 31.7. The Bertz CT molecular complexity index is 706. The van der Waals surface area contributed by atoms with Gasteiger partial charge in [0, 0.05) is 56.9 Å². The maximum atomic E-state index is 12.9. The molecule has 1 saturated carbocycles. The molecular weight excluding hydrogens is 340 g/mol. The summed E-state index contributed by atoms with van der Waals surface area (Å²) in [7, 11) is 0. The molecular formula is C21H32N4O2. The summed E-state index contributed by atoms with van der Waals surface area (Å²) < 4.78 is 0. The van der Waals surface area contributed by atoms with Crippen LogP contribution >= 0.6 is 0 Å². The van der Waals surface area contributed by atoms with Crippen LogP contribution in [0.2, 0.25) is 0 Å². The highest BCUT2D eigenvalue weighted by Crippen LogP contribution is 2.35. The van der Waals surface area contributed by atoms with Crippen molar-refractivity contribution >= 4 is 5.91 Å². The summed E-state index contributed by atoms with van der Waals surface area (Å²) in [5.74, 6) is 1.51. The predicted octanol–water partition coefficient (Wildman–Crippen LogP) is 1.67. The molecule has 3 fully saturated rings. The number of aromatic amines is 1. The molecule has 2 atom stereocenters. The van der Waals surface area contributed by atoms with Gasteiger partial charge in [-0.2, -0.15) is 0 Å². The first kappa shape index (κ1) is 18.7. The number of rotatable bonds is 6. The Hall–Kier alpha value is -1.66. The molecule has 148 valence electrons. The third-order valence-corrected chi connectivity index (χ3v) is 6.74. The maximum absolute atomic E-state index is 12.9. The second-order valence-electron chi connectivity index (χ2n) is 8.61. The second-order valence-corrected chi connectivity index (χ2v) is 8.61. The van der Waals surface area contributed by atoms with Crippen LogP contribution in [0.5, 0.6) is 0 Å². The molecule has 2 aliphatic heterocycles. The molecule has 0 aromatic carbocycles. The van der Waals surface area contributed by atoms with Gasteiger partial charge >= 0.3 is 0 Å². The molecule has 3 aliphatic rings. The Kier molecular flexibility index (Phi) is 5.64. The summed E-state index contributed by atoms with van der Waals surface area (Å²) in [5, 5.41) is 0. The highest BCUT2D eigenvalue weighted by molar-refractivity contribution is 5.77. The number of hydrogen-bond acceptors (Lipinski definition) is 4. The summed E-state index contributed by atoms with van der Waals surface area (Å²) in [6.45, 7) is 3.43. The second kappa shape index (κ2) is 8.15. The van der Waals surface area contributed by atoms with Crippen molar-refractivity contribution in [3.8, 4) is 0 Å². The van der Waals surface area contributed by atoms with Crippen LogP contribution in [0.25, 0.3) is 0 Å². The van der Waals surface area contributed by atoms with E-state index in [2.05, 4.69) is 9.88 Å². The average molecular weight is 373 g/mol. The highest BCUT2D eigenvalue weighted by Gasteiger charge is 2.38. The van der Waals surface area contributed by atoms with Gasteiger partial charge in [0.25, 0.3) is 0 Å². The third kappa shape index (κ3) is 4.43. The van der Waals surface area contributed by atoms with Crippen molar-refractivity contribution in [2.24, 2.45) is 11.7 Å². The topological polar surface area (TPSA) is 82.4 Å². The molecule has 1 aromatic rings. The molecule has 1 aliphatic carbocycles. The largest absolute Gasteiger partial charge is 0.343 e. The zero-order chi connectivity index (χ0) is 18.8. The van der Waals surface area contributed by atoms with Gasteiger partial charge < -0.3 is 15.6 Å². The molecule has 0 radical (unpaired) electrons. The number of carbonyl (C=O) groups is 1. The minimum absolute atomic E-state index is 0.0440. The van der Waals surface area contributed by atoms with Crippen molar-refractivity contribution in [3.05, 3.63) is 34.2 Å². The Labute approximate surface area is 161 Å². The minimum atomic E-state index is -0.0440. The fourth-order valence-electron chi connectivity index (χ4n) is 4.89. The number of pyridine rings is 1. The zero-order valence-electron chi connectivity index (χ0n) is 16.1. The first-order chi connectivity index (χ1) is 13.1. The number of nitrogens with zero attached hydrogens (tertiary/aromatic N) is 2. The molecule has 1 aromatic heterocycles. The van der Waals surface area contributed by atoms with Crippen LogP contribution in [0, 0.1) is 5.92 Å². The minimum Gasteiger partial charge on any atom is -0.343 e. The monoisotopic (exact) mass is 372 g/mol. The van der Waals surface area contributed by atoms with E-state index in [4.69, 9.17) is 5.73 Å². The Morgan fingerprint density at radius 2 is 1.85 bits per heavy atom. The lowest BCUT2D eigenvalue weighted by molar-refractivity contribution is -0.133. The molecule has 6 heteroatoms. The lowest BCUT2D eigenvalue weighted by atomic mass is 9.90. The smallest absolute Gasteiger partial charge is 0.248 e. The van der Waals surface area contributed by atoms with E-state index < -0.39 is 0 Å². The number of aromatic nitrogens is 1. The predicted molar refractivity (Wildman–Crippen MR) is 106 cm³/mol. The molecule has 0 unspecified atom stereocenters. The van der Waals surface area contributed by atoms with Gasteiger partial charge in [0.05, 0.1) is 0 Å². The molecule has 3 N–H and O–H groups in total. The zero-order valence-corrected chi connectivity index (χ0v) is 16.1. The van der Waals surface area contributed by atoms with E-state index in [0.717, 1.165) is 56.8 Å². The SMILES string of the molecule is NC[C@H]1CC[C@@H](CC(=O)N2CCC(c3cc[nH]c(=O)c3)CC2)N1CC1CC1. The lowest BCUT2D eigenvalue weighted by Gasteiger charge is -2.34. The van der Waals surface area contributed by atoms with Gasteiger partial charge in [-0.05, 0) is 62.0 Å². The molecule has 6 nitrogen and oxygen atoms in total. The number of likely N-dealkylation sites (tertiary alicyclic amines) is 2. The number of nitrogens with two attached hydrogens (primary N) is 1. The summed E-state index contributed by atoms with van der Waals surface area (Å²) in [6.07, 6.45) is 9.15. The van der Waals surface area contributed by atoms with Gasteiger partial charge in [0.1, 0.15) is 0 Å². The van der Waals surface area contributed by atoms with E-state index in [1.165, 1.54) is 12.8 Å². The average Bonchev–Trinajstić information content (AvgIpc) is 3.43. The number of H-pyrrole nitrogens is 1. The van der Waals surface area contributed by atoms with Crippen molar-refractivity contribution in [1.29, 1.82) is 0 Å². The molecule has 4 rings (SSSR count). The molecule has 27 heavy (non-hydrogen) atoms. The maximum Gasteiger partial charge on any atom is 0.248 e. The number of hydrogen-bond donors (Lipinski definition) is 2. The Morgan fingerprint density at radius 1 is 1.11 bits per heavy atom. The third-order valence-electron chi connectivity index (χ3n) is 6.74. The van der Waals surface area contributed by atoms with Crippen LogP contribution in [0.15, 0.2) is 23.1 Å². The Morgan fingerprint density at radius 3 is 2.52 bits per heavy atom. The quantitative estimate of drug-likeness (QED) is 0.796. The number of nitrogens with one attached hydrogen (secondary N) is 1. The van der Waals surface area contributed by atoms with E-state index in [1.807, 2.05) is 11.0 Å². The summed E-state index contributed by atoms with van der Waals surface area (Å²) in [6, 6.07) is 4.52. The molecule has 0 bridgehead atoms. The van der Waals surface area contributed by atoms with Gasteiger partial charge in [-0.25, -0.2) is 0 Å². The number of amides is 1. The van der Waals surface area contributed by atoms with Crippen LogP contribution < -0.4 is 11.3 Å². The van der Waals surface area contributed by atoms with E-state index in [1.54, 1.807) is 12.3 Å². The van der Waals surface area contributed by atoms with Gasteiger partial charge in [0.15, 0.2) is 0 Å². The molecule has 2 saturated heterocycles. The number of piperidine rings is 1. The van der Waals surface area contributed by atoms with Gasteiger partial charge in [-0.3, -0.25) is 14.5 Å². The van der Waals surface area contributed by atoms with Crippen LogP contribution in [-0.4, -0.2) is 59.0 Å². The van der Waals surface area contributed by atoms with Crippen molar-refractivity contribution in [2.75, 3.05) is 26.2 Å². The van der Waals surface area contributed by atoms with Gasteiger partial charge in [-0.15, -0.1) is 0 Å². The van der Waals surface area contributed by atoms with Gasteiger partial charge in [-0.1, -0.05) is 0 Å².